The molecular formula is C7H10N4. The lowest BCUT2D eigenvalue weighted by Gasteiger charge is -2.05. The molecule has 4 heteroatoms. The minimum Gasteiger partial charge on any atom is -0.346 e. The van der Waals surface area contributed by atoms with Crippen LogP contribution in [-0.2, 0) is 0 Å². The Balaban J connectivity index is 2.65. The number of nitrogens with zero attached hydrogens (tertiary/aromatic N) is 2. The molecule has 0 aliphatic heterocycles. The Morgan fingerprint density at radius 1 is 1.91 bits per heavy atom. The molecule has 1 atom stereocenters. The lowest BCUT2D eigenvalue weighted by Crippen LogP contribution is -2.19. The maximum Gasteiger partial charge on any atom is 0.137 e. The van der Waals surface area contributed by atoms with Crippen molar-refractivity contribution in [3.05, 3.63) is 18.2 Å². The Kier molecular flexibility index (Phi) is 2.64. The fourth-order valence-corrected chi connectivity index (χ4v) is 0.854. The van der Waals surface area contributed by atoms with Crippen LogP contribution in [0.3, 0.4) is 0 Å². The molecule has 58 valence electrons. The number of aromatic nitrogens is 2. The second-order valence-electron chi connectivity index (χ2n) is 2.13. The highest BCUT2D eigenvalue weighted by atomic mass is 15.0. The summed E-state index contributed by atoms with van der Waals surface area (Å²) in [5, 5.41) is 11.7. The van der Waals surface area contributed by atoms with E-state index in [2.05, 4.69) is 21.4 Å². The molecule has 1 unspecified atom stereocenters. The Morgan fingerprint density at radius 2 is 2.73 bits per heavy atom. The molecule has 0 saturated heterocycles. The van der Waals surface area contributed by atoms with Gasteiger partial charge in [-0.15, -0.1) is 0 Å². The first-order valence-electron chi connectivity index (χ1n) is 3.49. The molecule has 2 N–H and O–H groups in total. The highest BCUT2D eigenvalue weighted by Gasteiger charge is 2.08. The van der Waals surface area contributed by atoms with Crippen molar-refractivity contribution >= 4 is 0 Å². The van der Waals surface area contributed by atoms with E-state index in [9.17, 15) is 0 Å². The van der Waals surface area contributed by atoms with Gasteiger partial charge in [0.1, 0.15) is 6.04 Å². The Hall–Kier alpha value is -1.34. The minimum atomic E-state index is -0.262. The van der Waals surface area contributed by atoms with Crippen LogP contribution in [-0.4, -0.2) is 16.5 Å². The van der Waals surface area contributed by atoms with Crippen molar-refractivity contribution in [3.63, 3.8) is 0 Å². The largest absolute Gasteiger partial charge is 0.346 e. The van der Waals surface area contributed by atoms with Crippen LogP contribution in [0.25, 0.3) is 0 Å². The molecule has 4 nitrogen and oxygen atoms in total. The smallest absolute Gasteiger partial charge is 0.137 e. The first-order valence-corrected chi connectivity index (χ1v) is 3.49. The maximum atomic E-state index is 8.67. The average molecular weight is 150 g/mol. The summed E-state index contributed by atoms with van der Waals surface area (Å²) >= 11 is 0. The number of imidazole rings is 1. The van der Waals surface area contributed by atoms with E-state index in [0.717, 1.165) is 12.2 Å². The summed E-state index contributed by atoms with van der Waals surface area (Å²) in [5.41, 5.74) is 0.814. The molecule has 0 aliphatic carbocycles. The zero-order valence-corrected chi connectivity index (χ0v) is 6.33. The van der Waals surface area contributed by atoms with Crippen molar-refractivity contribution in [2.45, 2.75) is 13.0 Å². The lowest BCUT2D eigenvalue weighted by atomic mass is 10.2. The van der Waals surface area contributed by atoms with Crippen molar-refractivity contribution in [1.82, 2.24) is 15.3 Å². The molecule has 11 heavy (non-hydrogen) atoms. The third kappa shape index (κ3) is 1.79. The minimum absolute atomic E-state index is 0.262. The van der Waals surface area contributed by atoms with Gasteiger partial charge in [0, 0.05) is 0 Å². The van der Waals surface area contributed by atoms with Crippen LogP contribution in [0.15, 0.2) is 12.5 Å². The topological polar surface area (TPSA) is 64.5 Å². The molecule has 0 aromatic carbocycles. The van der Waals surface area contributed by atoms with Gasteiger partial charge in [0.05, 0.1) is 24.3 Å². The summed E-state index contributed by atoms with van der Waals surface area (Å²) in [5.74, 6) is 0. The predicted octanol–water partition coefficient (Wildman–Crippen LogP) is 0.584. The van der Waals surface area contributed by atoms with Gasteiger partial charge >= 0.3 is 0 Å². The number of nitrogens with one attached hydrogen (secondary N) is 2. The van der Waals surface area contributed by atoms with Gasteiger partial charge in [0.2, 0.25) is 0 Å². The first kappa shape index (κ1) is 7.76. The summed E-state index contributed by atoms with van der Waals surface area (Å²) in [7, 11) is 0. The molecule has 0 bridgehead atoms. The third-order valence-corrected chi connectivity index (χ3v) is 1.37. The van der Waals surface area contributed by atoms with Gasteiger partial charge in [-0.25, -0.2) is 4.98 Å². The fourth-order valence-electron chi connectivity index (χ4n) is 0.854. The van der Waals surface area contributed by atoms with E-state index in [0.29, 0.717) is 0 Å². The summed E-state index contributed by atoms with van der Waals surface area (Å²) in [6.45, 7) is 2.73. The first-order chi connectivity index (χ1) is 5.38. The van der Waals surface area contributed by atoms with Gasteiger partial charge in [0.25, 0.3) is 0 Å². The molecule has 0 fully saturated rings. The summed E-state index contributed by atoms with van der Waals surface area (Å²) < 4.78 is 0. The van der Waals surface area contributed by atoms with Crippen LogP contribution in [0.2, 0.25) is 0 Å². The Labute approximate surface area is 65.3 Å². The van der Waals surface area contributed by atoms with Crippen LogP contribution in [0.4, 0.5) is 0 Å². The third-order valence-electron chi connectivity index (χ3n) is 1.37. The van der Waals surface area contributed by atoms with Gasteiger partial charge in [-0.05, 0) is 6.54 Å². The highest BCUT2D eigenvalue weighted by Crippen LogP contribution is 2.05. The van der Waals surface area contributed by atoms with Crippen molar-refractivity contribution in [1.29, 1.82) is 5.26 Å². The number of H-pyrrole nitrogens is 1. The monoisotopic (exact) mass is 150 g/mol. The van der Waals surface area contributed by atoms with Crippen LogP contribution in [0, 0.1) is 11.3 Å². The van der Waals surface area contributed by atoms with Crippen molar-refractivity contribution in [2.24, 2.45) is 0 Å². The van der Waals surface area contributed by atoms with Crippen LogP contribution in [0.1, 0.15) is 18.7 Å². The van der Waals surface area contributed by atoms with Gasteiger partial charge in [-0.2, -0.15) is 5.26 Å². The second-order valence-corrected chi connectivity index (χ2v) is 2.13. The van der Waals surface area contributed by atoms with Crippen LogP contribution >= 0.6 is 0 Å². The van der Waals surface area contributed by atoms with Gasteiger partial charge in [0.15, 0.2) is 0 Å². The molecule has 1 rings (SSSR count). The predicted molar refractivity (Wildman–Crippen MR) is 40.6 cm³/mol. The van der Waals surface area contributed by atoms with E-state index in [1.54, 1.807) is 12.5 Å². The summed E-state index contributed by atoms with van der Waals surface area (Å²) in [4.78, 5) is 6.70. The van der Waals surface area contributed by atoms with Gasteiger partial charge in [-0.1, -0.05) is 6.92 Å². The van der Waals surface area contributed by atoms with Crippen molar-refractivity contribution in [3.8, 4) is 6.07 Å². The normalized spacial score (nSPS) is 12.4. The molecule has 0 aliphatic rings. The Morgan fingerprint density at radius 3 is 3.18 bits per heavy atom. The molecule has 1 aromatic heterocycles. The molecule has 0 saturated carbocycles. The molecule has 1 heterocycles. The van der Waals surface area contributed by atoms with E-state index in [4.69, 9.17) is 5.26 Å². The van der Waals surface area contributed by atoms with E-state index in [-0.39, 0.29) is 6.04 Å². The highest BCUT2D eigenvalue weighted by molar-refractivity contribution is 5.11. The summed E-state index contributed by atoms with van der Waals surface area (Å²) in [6, 6.07) is 1.86. The number of hydrogen-bond donors (Lipinski definition) is 2. The number of hydrogen-bond acceptors (Lipinski definition) is 3. The zero-order chi connectivity index (χ0) is 8.10. The van der Waals surface area contributed by atoms with Gasteiger partial charge in [-0.3, -0.25) is 5.32 Å². The number of rotatable bonds is 3. The SMILES string of the molecule is CCNC(C#N)c1cnc[nH]1. The molecular weight excluding hydrogens is 140 g/mol. The molecule has 1 aromatic rings. The van der Waals surface area contributed by atoms with E-state index >= 15 is 0 Å². The zero-order valence-electron chi connectivity index (χ0n) is 6.33. The average Bonchev–Trinajstić information content (AvgIpc) is 2.52. The summed E-state index contributed by atoms with van der Waals surface area (Å²) in [6.07, 6.45) is 3.22. The molecule has 0 amide bonds. The molecule has 0 radical (unpaired) electrons. The standard InChI is InChI=1S/C7H10N4/c1-2-10-6(3-8)7-4-9-5-11-7/h4-6,10H,2H2,1H3,(H,9,11). The lowest BCUT2D eigenvalue weighted by molar-refractivity contribution is 0.645. The number of nitriles is 1. The van der Waals surface area contributed by atoms with Crippen molar-refractivity contribution in [2.75, 3.05) is 6.54 Å². The van der Waals surface area contributed by atoms with Crippen molar-refractivity contribution < 1.29 is 0 Å². The van der Waals surface area contributed by atoms with Crippen LogP contribution in [0.5, 0.6) is 0 Å². The molecule has 0 spiro atoms. The second kappa shape index (κ2) is 3.74. The number of aromatic amines is 1. The van der Waals surface area contributed by atoms with E-state index in [1.165, 1.54) is 0 Å². The Bertz CT molecular complexity index is 233. The van der Waals surface area contributed by atoms with Crippen LogP contribution < -0.4 is 5.32 Å². The fraction of sp³-hybridized carbons (Fsp3) is 0.429. The van der Waals surface area contributed by atoms with E-state index < -0.39 is 0 Å². The maximum absolute atomic E-state index is 8.67. The quantitative estimate of drug-likeness (QED) is 0.662. The van der Waals surface area contributed by atoms with E-state index in [1.807, 2.05) is 6.92 Å². The van der Waals surface area contributed by atoms with Gasteiger partial charge < -0.3 is 4.98 Å².